The minimum absolute atomic E-state index is 0.0132. The number of rotatable bonds is 4. The highest BCUT2D eigenvalue weighted by atomic mass is 32.1. The van der Waals surface area contributed by atoms with Crippen LogP contribution in [0.25, 0.3) is 0 Å². The van der Waals surface area contributed by atoms with Crippen molar-refractivity contribution in [3.63, 3.8) is 0 Å². The molecule has 2 heterocycles. The Morgan fingerprint density at radius 2 is 2.00 bits per heavy atom. The Kier molecular flexibility index (Phi) is 3.51. The Morgan fingerprint density at radius 3 is 2.64 bits per heavy atom. The maximum absolute atomic E-state index is 6.53. The molecule has 1 atom stereocenters. The zero-order valence-electron chi connectivity index (χ0n) is 13.2. The predicted molar refractivity (Wildman–Crippen MR) is 92.0 cm³/mol. The van der Waals surface area contributed by atoms with Crippen molar-refractivity contribution in [2.24, 2.45) is 16.6 Å². The van der Waals surface area contributed by atoms with Crippen molar-refractivity contribution >= 4 is 23.2 Å². The second kappa shape index (κ2) is 5.41. The van der Waals surface area contributed by atoms with E-state index in [-0.39, 0.29) is 6.17 Å². The van der Waals surface area contributed by atoms with Crippen LogP contribution in [0.3, 0.4) is 0 Å². The van der Waals surface area contributed by atoms with E-state index in [1.807, 2.05) is 0 Å². The van der Waals surface area contributed by atoms with Gasteiger partial charge in [-0.2, -0.15) is 0 Å². The maximum Gasteiger partial charge on any atom is 0.179 e. The third-order valence-corrected chi connectivity index (χ3v) is 5.61. The van der Waals surface area contributed by atoms with Gasteiger partial charge in [0.2, 0.25) is 0 Å². The average Bonchev–Trinajstić information content (AvgIpc) is 3.04. The first kappa shape index (κ1) is 14.3. The van der Waals surface area contributed by atoms with E-state index in [1.165, 1.54) is 38.5 Å². The fourth-order valence-electron chi connectivity index (χ4n) is 3.87. The van der Waals surface area contributed by atoms with Crippen molar-refractivity contribution in [3.8, 4) is 0 Å². The van der Waals surface area contributed by atoms with Crippen LogP contribution in [0.15, 0.2) is 16.5 Å². The summed E-state index contributed by atoms with van der Waals surface area (Å²) in [5, 5.41) is 4.41. The summed E-state index contributed by atoms with van der Waals surface area (Å²) in [7, 11) is 0. The molecule has 0 saturated heterocycles. The van der Waals surface area contributed by atoms with Crippen LogP contribution in [-0.4, -0.2) is 39.5 Å². The Balaban J connectivity index is 1.69. The molecule has 2 saturated carbocycles. The van der Waals surface area contributed by atoms with Gasteiger partial charge >= 0.3 is 0 Å². The minimum Gasteiger partial charge on any atom is -0.383 e. The second-order valence-corrected chi connectivity index (χ2v) is 7.24. The molecule has 120 valence electrons. The molecule has 2 aliphatic carbocycles. The number of thiocarbonyl (C=S) groups is 1. The van der Waals surface area contributed by atoms with Crippen LogP contribution >= 0.6 is 12.2 Å². The van der Waals surface area contributed by atoms with Gasteiger partial charge < -0.3 is 20.9 Å². The van der Waals surface area contributed by atoms with E-state index in [1.54, 1.807) is 0 Å². The van der Waals surface area contributed by atoms with Crippen LogP contribution in [0.2, 0.25) is 0 Å². The average molecular weight is 319 g/mol. The van der Waals surface area contributed by atoms with Crippen LogP contribution in [0.1, 0.15) is 51.9 Å². The molecule has 0 spiro atoms. The molecule has 0 aromatic heterocycles. The van der Waals surface area contributed by atoms with E-state index in [4.69, 9.17) is 22.9 Å². The molecule has 0 radical (unpaired) electrons. The molecule has 0 bridgehead atoms. The molecule has 0 aromatic rings. The van der Waals surface area contributed by atoms with Gasteiger partial charge in [0.05, 0.1) is 0 Å². The Hall–Kier alpha value is -1.30. The highest BCUT2D eigenvalue weighted by molar-refractivity contribution is 7.80. The van der Waals surface area contributed by atoms with Crippen molar-refractivity contribution in [3.05, 3.63) is 11.5 Å². The predicted octanol–water partition coefficient (Wildman–Crippen LogP) is 2.11. The lowest BCUT2D eigenvalue weighted by Crippen LogP contribution is -2.57. The Labute approximate surface area is 137 Å². The normalized spacial score (nSPS) is 29.0. The Morgan fingerprint density at radius 1 is 1.27 bits per heavy atom. The van der Waals surface area contributed by atoms with Crippen LogP contribution in [-0.2, 0) is 0 Å². The topological polar surface area (TPSA) is 56.9 Å². The first-order valence-corrected chi connectivity index (χ1v) is 9.05. The van der Waals surface area contributed by atoms with Gasteiger partial charge in [-0.15, -0.1) is 0 Å². The smallest absolute Gasteiger partial charge is 0.179 e. The van der Waals surface area contributed by atoms with E-state index in [2.05, 4.69) is 22.0 Å². The van der Waals surface area contributed by atoms with Gasteiger partial charge in [-0.05, 0) is 44.3 Å². The summed E-state index contributed by atoms with van der Waals surface area (Å²) in [6.45, 7) is 3.13. The second-order valence-electron chi connectivity index (χ2n) is 6.87. The summed E-state index contributed by atoms with van der Waals surface area (Å²) in [6, 6.07) is 0.465. The third-order valence-electron chi connectivity index (χ3n) is 5.18. The van der Waals surface area contributed by atoms with Crippen molar-refractivity contribution in [2.45, 2.75) is 64.1 Å². The summed E-state index contributed by atoms with van der Waals surface area (Å²) in [4.78, 5) is 9.39. The molecule has 3 N–H and O–H groups in total. The molecule has 4 rings (SSSR count). The van der Waals surface area contributed by atoms with E-state index < -0.39 is 0 Å². The summed E-state index contributed by atoms with van der Waals surface area (Å²) in [5.74, 6) is 2.55. The molecule has 0 amide bonds. The van der Waals surface area contributed by atoms with E-state index >= 15 is 0 Å². The van der Waals surface area contributed by atoms with Crippen LogP contribution < -0.4 is 11.1 Å². The first-order valence-electron chi connectivity index (χ1n) is 8.65. The molecule has 6 heteroatoms. The number of aliphatic imine (C=N–C) groups is 1. The SMILES string of the molecule is CCCN1C(=S)N(C2CCCC2)C(N)=C2NC(C3CC3)=NC21. The van der Waals surface area contributed by atoms with Gasteiger partial charge in [-0.3, -0.25) is 0 Å². The lowest BCUT2D eigenvalue weighted by Gasteiger charge is -2.44. The molecule has 2 aliphatic heterocycles. The highest BCUT2D eigenvalue weighted by Gasteiger charge is 2.44. The van der Waals surface area contributed by atoms with Crippen molar-refractivity contribution < 1.29 is 0 Å². The molecule has 0 aromatic carbocycles. The standard InChI is InChI=1S/C16H25N5S/c1-2-9-20-15-12(18-14(19-15)10-7-8-10)13(17)21(16(20)22)11-5-3-4-6-11/h10-11,15H,2-9,17H2,1H3,(H,18,19). The maximum atomic E-state index is 6.53. The molecule has 5 nitrogen and oxygen atoms in total. The van der Waals surface area contributed by atoms with Crippen molar-refractivity contribution in [1.29, 1.82) is 0 Å². The van der Waals surface area contributed by atoms with Gasteiger partial charge in [0.25, 0.3) is 0 Å². The number of nitrogens with two attached hydrogens (primary N) is 1. The van der Waals surface area contributed by atoms with Gasteiger partial charge in [0, 0.05) is 18.5 Å². The largest absolute Gasteiger partial charge is 0.383 e. The molecule has 2 fully saturated rings. The summed E-state index contributed by atoms with van der Waals surface area (Å²) in [6.07, 6.45) is 8.48. The van der Waals surface area contributed by atoms with Gasteiger partial charge in [0.15, 0.2) is 11.3 Å². The summed E-state index contributed by atoms with van der Waals surface area (Å²) < 4.78 is 0. The van der Waals surface area contributed by atoms with E-state index in [9.17, 15) is 0 Å². The number of nitrogens with zero attached hydrogens (tertiary/aromatic N) is 3. The van der Waals surface area contributed by atoms with E-state index in [0.29, 0.717) is 12.0 Å². The number of hydrogen-bond donors (Lipinski definition) is 2. The first-order chi connectivity index (χ1) is 10.7. The lowest BCUT2D eigenvalue weighted by molar-refractivity contribution is 0.250. The third kappa shape index (κ3) is 2.19. The lowest BCUT2D eigenvalue weighted by atomic mass is 10.1. The molecule has 4 aliphatic rings. The van der Waals surface area contributed by atoms with Crippen LogP contribution in [0.4, 0.5) is 0 Å². The molecular weight excluding hydrogens is 294 g/mol. The number of fused-ring (bicyclic) bond motifs is 1. The molecular formula is C16H25N5S. The summed E-state index contributed by atoms with van der Waals surface area (Å²) in [5.41, 5.74) is 7.60. The fourth-order valence-corrected chi connectivity index (χ4v) is 4.31. The number of hydrogen-bond acceptors (Lipinski definition) is 4. The van der Waals surface area contributed by atoms with Gasteiger partial charge in [-0.25, -0.2) is 4.99 Å². The van der Waals surface area contributed by atoms with Gasteiger partial charge in [0.1, 0.15) is 17.4 Å². The number of amidine groups is 1. The highest BCUT2D eigenvalue weighted by Crippen LogP contribution is 2.37. The van der Waals surface area contributed by atoms with E-state index in [0.717, 1.165) is 35.4 Å². The van der Waals surface area contributed by atoms with Crippen molar-refractivity contribution in [2.75, 3.05) is 6.54 Å². The molecule has 22 heavy (non-hydrogen) atoms. The van der Waals surface area contributed by atoms with Crippen LogP contribution in [0, 0.1) is 5.92 Å². The quantitative estimate of drug-likeness (QED) is 0.777. The van der Waals surface area contributed by atoms with Crippen LogP contribution in [0.5, 0.6) is 0 Å². The minimum atomic E-state index is -0.0132. The zero-order valence-corrected chi connectivity index (χ0v) is 14.0. The van der Waals surface area contributed by atoms with Gasteiger partial charge in [-0.1, -0.05) is 19.8 Å². The number of nitrogens with one attached hydrogen (secondary N) is 1. The zero-order chi connectivity index (χ0) is 15.3. The molecule has 1 unspecified atom stereocenters. The fraction of sp³-hybridized carbons (Fsp3) is 0.750. The Bertz CT molecular complexity index is 545. The van der Waals surface area contributed by atoms with Crippen molar-refractivity contribution in [1.82, 2.24) is 15.1 Å². The monoisotopic (exact) mass is 319 g/mol. The summed E-state index contributed by atoms with van der Waals surface area (Å²) >= 11 is 5.81.